The van der Waals surface area contributed by atoms with Crippen LogP contribution in [-0.2, 0) is 4.79 Å². The molecule has 1 atom stereocenters. The number of nitrogens with one attached hydrogen (secondary N) is 2. The number of hydrogen-bond acceptors (Lipinski definition) is 3. The van der Waals surface area contributed by atoms with Crippen LogP contribution in [0.1, 0.15) is 19.8 Å². The van der Waals surface area contributed by atoms with Crippen molar-refractivity contribution in [1.29, 1.82) is 0 Å². The van der Waals surface area contributed by atoms with E-state index >= 15 is 0 Å². The molecule has 6 heteroatoms. The fourth-order valence-corrected chi connectivity index (χ4v) is 3.20. The van der Waals surface area contributed by atoms with Crippen LogP contribution in [0.25, 0.3) is 0 Å². The lowest BCUT2D eigenvalue weighted by Gasteiger charge is -2.25. The van der Waals surface area contributed by atoms with E-state index in [4.69, 9.17) is 0 Å². The molecule has 0 aromatic heterocycles. The highest BCUT2D eigenvalue weighted by molar-refractivity contribution is 9.10. The lowest BCUT2D eigenvalue weighted by Crippen LogP contribution is -2.45. The standard InChI is InChI=1S/C14H19BrN2OS.ClH/c1-10(19-13-4-2-11(15)3-5-13)14(18)17-12-6-8-16-9-7-12;/h2-5,10,12,16H,6-9H2,1H3,(H,17,18);1H. The van der Waals surface area contributed by atoms with Crippen LogP contribution in [0, 0.1) is 0 Å². The summed E-state index contributed by atoms with van der Waals surface area (Å²) in [6.45, 7) is 3.96. The van der Waals surface area contributed by atoms with Crippen molar-refractivity contribution < 1.29 is 4.79 Å². The maximum Gasteiger partial charge on any atom is 0.233 e. The highest BCUT2D eigenvalue weighted by atomic mass is 79.9. The Morgan fingerprint density at radius 3 is 2.55 bits per heavy atom. The van der Waals surface area contributed by atoms with Crippen molar-refractivity contribution in [2.24, 2.45) is 0 Å². The molecule has 1 amide bonds. The van der Waals surface area contributed by atoms with Crippen molar-refractivity contribution >= 4 is 46.0 Å². The molecule has 112 valence electrons. The van der Waals surface area contributed by atoms with Gasteiger partial charge in [0.15, 0.2) is 0 Å². The van der Waals surface area contributed by atoms with Gasteiger partial charge in [0.25, 0.3) is 0 Å². The topological polar surface area (TPSA) is 41.1 Å². The number of amides is 1. The number of thioether (sulfide) groups is 1. The predicted molar refractivity (Wildman–Crippen MR) is 90.7 cm³/mol. The van der Waals surface area contributed by atoms with Gasteiger partial charge in [0, 0.05) is 15.4 Å². The summed E-state index contributed by atoms with van der Waals surface area (Å²) in [6.07, 6.45) is 2.06. The third-order valence-electron chi connectivity index (χ3n) is 3.18. The summed E-state index contributed by atoms with van der Waals surface area (Å²) in [5.41, 5.74) is 0. The van der Waals surface area contributed by atoms with E-state index in [9.17, 15) is 4.79 Å². The van der Waals surface area contributed by atoms with Crippen molar-refractivity contribution in [2.75, 3.05) is 13.1 Å². The fourth-order valence-electron chi connectivity index (χ4n) is 2.06. The maximum atomic E-state index is 12.1. The summed E-state index contributed by atoms with van der Waals surface area (Å²) in [6, 6.07) is 8.40. The molecule has 1 fully saturated rings. The summed E-state index contributed by atoms with van der Waals surface area (Å²) in [5.74, 6) is 0.139. The summed E-state index contributed by atoms with van der Waals surface area (Å²) >= 11 is 5.01. The summed E-state index contributed by atoms with van der Waals surface area (Å²) in [7, 11) is 0. The number of rotatable bonds is 4. The molecule has 1 heterocycles. The SMILES string of the molecule is CC(Sc1ccc(Br)cc1)C(=O)NC1CCNCC1.Cl. The smallest absolute Gasteiger partial charge is 0.233 e. The quantitative estimate of drug-likeness (QED) is 0.789. The van der Waals surface area contributed by atoms with Gasteiger partial charge in [0.05, 0.1) is 5.25 Å². The summed E-state index contributed by atoms with van der Waals surface area (Å²) < 4.78 is 1.06. The number of carbonyl (C=O) groups excluding carboxylic acids is 1. The second-order valence-electron chi connectivity index (χ2n) is 4.75. The molecule has 0 bridgehead atoms. The van der Waals surface area contributed by atoms with Gasteiger partial charge < -0.3 is 10.6 Å². The second kappa shape index (κ2) is 8.93. The van der Waals surface area contributed by atoms with E-state index in [1.54, 1.807) is 11.8 Å². The number of hydrogen-bond donors (Lipinski definition) is 2. The molecule has 3 nitrogen and oxygen atoms in total. The number of carbonyl (C=O) groups is 1. The van der Waals surface area contributed by atoms with E-state index < -0.39 is 0 Å². The molecule has 1 aliphatic rings. The molecular formula is C14H20BrClN2OS. The molecule has 1 saturated heterocycles. The highest BCUT2D eigenvalue weighted by Crippen LogP contribution is 2.25. The molecule has 0 spiro atoms. The first-order valence-corrected chi connectivity index (χ1v) is 8.26. The minimum Gasteiger partial charge on any atom is -0.352 e. The van der Waals surface area contributed by atoms with Gasteiger partial charge in [-0.05, 0) is 57.1 Å². The van der Waals surface area contributed by atoms with Crippen molar-refractivity contribution in [3.05, 3.63) is 28.7 Å². The molecule has 1 aromatic rings. The number of halogens is 2. The molecule has 1 aliphatic heterocycles. The lowest BCUT2D eigenvalue weighted by molar-refractivity contribution is -0.121. The van der Waals surface area contributed by atoms with Crippen LogP contribution in [-0.4, -0.2) is 30.3 Å². The summed E-state index contributed by atoms with van der Waals surface area (Å²) in [4.78, 5) is 13.2. The first-order valence-electron chi connectivity index (χ1n) is 6.58. The third-order valence-corrected chi connectivity index (χ3v) is 4.82. The van der Waals surface area contributed by atoms with Crippen LogP contribution < -0.4 is 10.6 Å². The molecule has 1 unspecified atom stereocenters. The van der Waals surface area contributed by atoms with E-state index in [1.165, 1.54) is 0 Å². The van der Waals surface area contributed by atoms with E-state index in [0.29, 0.717) is 6.04 Å². The van der Waals surface area contributed by atoms with E-state index in [0.717, 1.165) is 35.3 Å². The molecule has 2 N–H and O–H groups in total. The zero-order valence-electron chi connectivity index (χ0n) is 11.4. The average molecular weight is 380 g/mol. The molecular weight excluding hydrogens is 360 g/mol. The number of benzene rings is 1. The van der Waals surface area contributed by atoms with Crippen molar-refractivity contribution in [3.63, 3.8) is 0 Å². The first kappa shape index (κ1) is 17.8. The van der Waals surface area contributed by atoms with Crippen molar-refractivity contribution in [1.82, 2.24) is 10.6 Å². The Bertz CT molecular complexity index is 424. The van der Waals surface area contributed by atoms with Crippen LogP contribution in [0.2, 0.25) is 0 Å². The van der Waals surface area contributed by atoms with Crippen molar-refractivity contribution in [3.8, 4) is 0 Å². The minimum absolute atomic E-state index is 0. The van der Waals surface area contributed by atoms with Gasteiger partial charge in [-0.2, -0.15) is 0 Å². The molecule has 0 aliphatic carbocycles. The van der Waals surface area contributed by atoms with Gasteiger partial charge in [-0.15, -0.1) is 24.2 Å². The van der Waals surface area contributed by atoms with Gasteiger partial charge in [0.2, 0.25) is 5.91 Å². The van der Waals surface area contributed by atoms with Crippen LogP contribution in [0.5, 0.6) is 0 Å². The Balaban J connectivity index is 0.00000200. The van der Waals surface area contributed by atoms with Crippen LogP contribution in [0.15, 0.2) is 33.6 Å². The Hall–Kier alpha value is -0.230. The Morgan fingerprint density at radius 1 is 1.35 bits per heavy atom. The largest absolute Gasteiger partial charge is 0.352 e. The highest BCUT2D eigenvalue weighted by Gasteiger charge is 2.19. The van der Waals surface area contributed by atoms with Crippen LogP contribution in [0.3, 0.4) is 0 Å². The van der Waals surface area contributed by atoms with Gasteiger partial charge >= 0.3 is 0 Å². The molecule has 0 saturated carbocycles. The zero-order chi connectivity index (χ0) is 13.7. The Kier molecular flexibility index (Phi) is 7.95. The van der Waals surface area contributed by atoms with E-state index in [-0.39, 0.29) is 23.6 Å². The van der Waals surface area contributed by atoms with Gasteiger partial charge in [-0.25, -0.2) is 0 Å². The van der Waals surface area contributed by atoms with Gasteiger partial charge in [-0.3, -0.25) is 4.79 Å². The summed E-state index contributed by atoms with van der Waals surface area (Å²) in [5, 5.41) is 6.38. The van der Waals surface area contributed by atoms with E-state index in [2.05, 4.69) is 26.6 Å². The molecule has 1 aromatic carbocycles. The first-order chi connectivity index (χ1) is 9.15. The maximum absolute atomic E-state index is 12.1. The lowest BCUT2D eigenvalue weighted by atomic mass is 10.1. The Labute approximate surface area is 139 Å². The predicted octanol–water partition coefficient (Wildman–Crippen LogP) is 3.22. The average Bonchev–Trinajstić information content (AvgIpc) is 2.42. The third kappa shape index (κ3) is 5.64. The fraction of sp³-hybridized carbons (Fsp3) is 0.500. The second-order valence-corrected chi connectivity index (χ2v) is 7.08. The minimum atomic E-state index is -0.0592. The van der Waals surface area contributed by atoms with Crippen LogP contribution >= 0.6 is 40.1 Å². The van der Waals surface area contributed by atoms with Gasteiger partial charge in [-0.1, -0.05) is 15.9 Å². The Morgan fingerprint density at radius 2 is 1.95 bits per heavy atom. The van der Waals surface area contributed by atoms with E-state index in [1.807, 2.05) is 31.2 Å². The van der Waals surface area contributed by atoms with Crippen molar-refractivity contribution in [2.45, 2.75) is 36.0 Å². The van der Waals surface area contributed by atoms with Crippen LogP contribution in [0.4, 0.5) is 0 Å². The van der Waals surface area contributed by atoms with Gasteiger partial charge in [0.1, 0.15) is 0 Å². The molecule has 0 radical (unpaired) electrons. The zero-order valence-corrected chi connectivity index (χ0v) is 14.6. The molecule has 20 heavy (non-hydrogen) atoms. The normalized spacial score (nSPS) is 17.1. The monoisotopic (exact) mass is 378 g/mol. The number of piperidine rings is 1. The molecule has 2 rings (SSSR count).